The van der Waals surface area contributed by atoms with Gasteiger partial charge in [-0.05, 0) is 25.3 Å². The van der Waals surface area contributed by atoms with Gasteiger partial charge in [0.2, 0.25) is 0 Å². The summed E-state index contributed by atoms with van der Waals surface area (Å²) in [6.07, 6.45) is 2.34. The molecule has 0 amide bonds. The molecular formula is C9H21N3O. The third kappa shape index (κ3) is 4.57. The fourth-order valence-electron chi connectivity index (χ4n) is 1.51. The Balaban J connectivity index is 1.98. The van der Waals surface area contributed by atoms with Gasteiger partial charge in [0, 0.05) is 32.3 Å². The molecule has 0 spiro atoms. The first-order valence-corrected chi connectivity index (χ1v) is 5.07. The molecule has 0 aromatic carbocycles. The summed E-state index contributed by atoms with van der Waals surface area (Å²) in [5.41, 5.74) is 11.1. The molecule has 0 aliphatic carbocycles. The maximum absolute atomic E-state index is 5.68. The lowest BCUT2D eigenvalue weighted by Crippen LogP contribution is -2.41. The Morgan fingerprint density at radius 1 is 1.38 bits per heavy atom. The van der Waals surface area contributed by atoms with E-state index in [0.717, 1.165) is 32.2 Å². The lowest BCUT2D eigenvalue weighted by atomic mass is 10.0. The van der Waals surface area contributed by atoms with Gasteiger partial charge in [0.25, 0.3) is 0 Å². The number of rotatable bonds is 5. The molecule has 1 saturated heterocycles. The fourth-order valence-corrected chi connectivity index (χ4v) is 1.51. The van der Waals surface area contributed by atoms with Gasteiger partial charge < -0.3 is 21.5 Å². The summed E-state index contributed by atoms with van der Waals surface area (Å²) in [5.74, 6) is 0.763. The smallest absolute Gasteiger partial charge is 0.0469 e. The Hall–Kier alpha value is -0.160. The Labute approximate surface area is 80.0 Å². The van der Waals surface area contributed by atoms with Crippen molar-refractivity contribution in [3.05, 3.63) is 0 Å². The number of hydrogen-bond acceptors (Lipinski definition) is 4. The van der Waals surface area contributed by atoms with Crippen molar-refractivity contribution in [1.29, 1.82) is 0 Å². The Bertz CT molecular complexity index is 126. The maximum atomic E-state index is 5.68. The first-order valence-electron chi connectivity index (χ1n) is 5.07. The van der Waals surface area contributed by atoms with Crippen LogP contribution in [0.3, 0.4) is 0 Å². The summed E-state index contributed by atoms with van der Waals surface area (Å²) in [5, 5.41) is 3.35. The first kappa shape index (κ1) is 10.9. The molecule has 0 saturated carbocycles. The molecular weight excluding hydrogens is 166 g/mol. The highest BCUT2D eigenvalue weighted by Crippen LogP contribution is 2.12. The monoisotopic (exact) mass is 187 g/mol. The number of nitrogens with two attached hydrogens (primary N) is 2. The van der Waals surface area contributed by atoms with Crippen LogP contribution in [-0.2, 0) is 4.74 Å². The summed E-state index contributed by atoms with van der Waals surface area (Å²) in [7, 11) is 0. The van der Waals surface area contributed by atoms with E-state index in [4.69, 9.17) is 16.2 Å². The molecule has 1 aliphatic rings. The number of nitrogens with one attached hydrogen (secondary N) is 1. The first-order chi connectivity index (χ1) is 6.33. The van der Waals surface area contributed by atoms with Gasteiger partial charge >= 0.3 is 0 Å². The Morgan fingerprint density at radius 3 is 2.69 bits per heavy atom. The van der Waals surface area contributed by atoms with Crippen LogP contribution in [0.5, 0.6) is 0 Å². The van der Waals surface area contributed by atoms with Crippen LogP contribution in [0.2, 0.25) is 0 Å². The van der Waals surface area contributed by atoms with Crippen molar-refractivity contribution in [2.45, 2.75) is 18.9 Å². The predicted octanol–water partition coefficient (Wildman–Crippen LogP) is -0.711. The lowest BCUT2D eigenvalue weighted by molar-refractivity contribution is 0.0663. The normalized spacial score (nSPS) is 21.7. The minimum Gasteiger partial charge on any atom is -0.381 e. The van der Waals surface area contributed by atoms with Crippen LogP contribution in [0.25, 0.3) is 0 Å². The van der Waals surface area contributed by atoms with Crippen LogP contribution in [0.1, 0.15) is 12.8 Å². The van der Waals surface area contributed by atoms with Crippen molar-refractivity contribution in [2.24, 2.45) is 17.4 Å². The summed E-state index contributed by atoms with van der Waals surface area (Å²) in [4.78, 5) is 0. The lowest BCUT2D eigenvalue weighted by Gasteiger charge is -2.22. The highest BCUT2D eigenvalue weighted by atomic mass is 16.5. The van der Waals surface area contributed by atoms with Gasteiger partial charge in [-0.3, -0.25) is 0 Å². The van der Waals surface area contributed by atoms with Gasteiger partial charge in [-0.1, -0.05) is 0 Å². The van der Waals surface area contributed by atoms with Gasteiger partial charge in [0.1, 0.15) is 0 Å². The van der Waals surface area contributed by atoms with Crippen molar-refractivity contribution < 1.29 is 4.74 Å². The van der Waals surface area contributed by atoms with E-state index in [2.05, 4.69) is 5.32 Å². The van der Waals surface area contributed by atoms with Crippen LogP contribution in [-0.4, -0.2) is 38.9 Å². The van der Waals surface area contributed by atoms with E-state index in [1.54, 1.807) is 0 Å². The standard InChI is InChI=1S/C9H21N3O/c10-5-9(11)7-12-6-8-1-3-13-4-2-8/h8-9,12H,1-7,10-11H2. The highest BCUT2D eigenvalue weighted by molar-refractivity contribution is 4.69. The second-order valence-corrected chi connectivity index (χ2v) is 3.71. The molecule has 13 heavy (non-hydrogen) atoms. The van der Waals surface area contributed by atoms with Crippen LogP contribution in [0, 0.1) is 5.92 Å². The summed E-state index contributed by atoms with van der Waals surface area (Å²) >= 11 is 0. The fraction of sp³-hybridized carbons (Fsp3) is 1.00. The van der Waals surface area contributed by atoms with Crippen molar-refractivity contribution in [3.63, 3.8) is 0 Å². The van der Waals surface area contributed by atoms with Gasteiger partial charge in [-0.15, -0.1) is 0 Å². The molecule has 1 fully saturated rings. The predicted molar refractivity (Wildman–Crippen MR) is 53.4 cm³/mol. The third-order valence-electron chi connectivity index (χ3n) is 2.48. The SMILES string of the molecule is NCC(N)CNCC1CCOCC1. The number of ether oxygens (including phenoxy) is 1. The van der Waals surface area contributed by atoms with E-state index in [9.17, 15) is 0 Å². The summed E-state index contributed by atoms with van der Waals surface area (Å²) < 4.78 is 5.28. The van der Waals surface area contributed by atoms with E-state index in [-0.39, 0.29) is 6.04 Å². The van der Waals surface area contributed by atoms with Gasteiger partial charge in [-0.25, -0.2) is 0 Å². The average molecular weight is 187 g/mol. The quantitative estimate of drug-likeness (QED) is 0.531. The minimum absolute atomic E-state index is 0.0971. The van der Waals surface area contributed by atoms with E-state index >= 15 is 0 Å². The molecule has 1 atom stereocenters. The van der Waals surface area contributed by atoms with E-state index in [1.807, 2.05) is 0 Å². The van der Waals surface area contributed by atoms with Gasteiger partial charge in [-0.2, -0.15) is 0 Å². The second-order valence-electron chi connectivity index (χ2n) is 3.71. The third-order valence-corrected chi connectivity index (χ3v) is 2.48. The molecule has 0 aromatic heterocycles. The summed E-state index contributed by atoms with van der Waals surface area (Å²) in [6, 6.07) is 0.0971. The molecule has 0 aromatic rings. The molecule has 1 aliphatic heterocycles. The van der Waals surface area contributed by atoms with Crippen LogP contribution < -0.4 is 16.8 Å². The molecule has 4 nitrogen and oxygen atoms in total. The molecule has 1 heterocycles. The molecule has 1 rings (SSSR count). The van der Waals surface area contributed by atoms with E-state index in [1.165, 1.54) is 12.8 Å². The maximum Gasteiger partial charge on any atom is 0.0469 e. The van der Waals surface area contributed by atoms with Crippen LogP contribution in [0.4, 0.5) is 0 Å². The zero-order valence-electron chi connectivity index (χ0n) is 8.17. The van der Waals surface area contributed by atoms with Gasteiger partial charge in [0.15, 0.2) is 0 Å². The molecule has 5 N–H and O–H groups in total. The highest BCUT2D eigenvalue weighted by Gasteiger charge is 2.13. The van der Waals surface area contributed by atoms with Gasteiger partial charge in [0.05, 0.1) is 0 Å². The average Bonchev–Trinajstić information content (AvgIpc) is 2.19. The zero-order valence-corrected chi connectivity index (χ0v) is 8.17. The molecule has 1 unspecified atom stereocenters. The molecule has 4 heteroatoms. The Morgan fingerprint density at radius 2 is 2.08 bits per heavy atom. The molecule has 0 bridgehead atoms. The van der Waals surface area contributed by atoms with Crippen molar-refractivity contribution >= 4 is 0 Å². The van der Waals surface area contributed by atoms with Crippen LogP contribution >= 0.6 is 0 Å². The van der Waals surface area contributed by atoms with E-state index in [0.29, 0.717) is 6.54 Å². The number of hydrogen-bond donors (Lipinski definition) is 3. The topological polar surface area (TPSA) is 73.3 Å². The summed E-state index contributed by atoms with van der Waals surface area (Å²) in [6.45, 7) is 4.26. The zero-order chi connectivity index (χ0) is 9.52. The van der Waals surface area contributed by atoms with Crippen molar-refractivity contribution in [3.8, 4) is 0 Å². The Kier molecular flexibility index (Phi) is 5.31. The van der Waals surface area contributed by atoms with Crippen molar-refractivity contribution in [1.82, 2.24) is 5.32 Å². The van der Waals surface area contributed by atoms with Crippen LogP contribution in [0.15, 0.2) is 0 Å². The minimum atomic E-state index is 0.0971. The largest absolute Gasteiger partial charge is 0.381 e. The molecule has 0 radical (unpaired) electrons. The second kappa shape index (κ2) is 6.32. The molecule has 78 valence electrons. The van der Waals surface area contributed by atoms with E-state index < -0.39 is 0 Å². The van der Waals surface area contributed by atoms with Crippen molar-refractivity contribution in [2.75, 3.05) is 32.8 Å².